The van der Waals surface area contributed by atoms with Gasteiger partial charge < -0.3 is 4.74 Å². The molecule has 1 aliphatic rings. The zero-order valence-corrected chi connectivity index (χ0v) is 12.6. The minimum atomic E-state index is -3.53. The molecule has 6 heteroatoms. The normalized spacial score (nSPS) is 24.3. The monoisotopic (exact) mass is 294 g/mol. The number of rotatable bonds is 2. The van der Waals surface area contributed by atoms with Crippen LogP contribution in [-0.4, -0.2) is 38.0 Å². The molecule has 1 aromatic carbocycles. The third-order valence-corrected chi connectivity index (χ3v) is 5.17. The molecule has 0 N–H and O–H groups in total. The third-order valence-electron chi connectivity index (χ3n) is 3.34. The number of hydrogen-bond acceptors (Lipinski definition) is 4. The van der Waals surface area contributed by atoms with Crippen molar-refractivity contribution in [2.24, 2.45) is 0 Å². The van der Waals surface area contributed by atoms with Gasteiger partial charge in [-0.3, -0.25) is 0 Å². The van der Waals surface area contributed by atoms with E-state index in [-0.39, 0.29) is 17.1 Å². The van der Waals surface area contributed by atoms with E-state index in [1.54, 1.807) is 19.1 Å². The average Bonchev–Trinajstić information content (AvgIpc) is 2.37. The number of nitrogens with zero attached hydrogens (tertiary/aromatic N) is 2. The first-order valence-electron chi connectivity index (χ1n) is 6.51. The summed E-state index contributed by atoms with van der Waals surface area (Å²) in [5.41, 5.74) is 1.16. The van der Waals surface area contributed by atoms with E-state index < -0.39 is 10.0 Å². The molecule has 0 spiro atoms. The summed E-state index contributed by atoms with van der Waals surface area (Å²) >= 11 is 0. The Bertz CT molecular complexity index is 639. The molecule has 1 fully saturated rings. The van der Waals surface area contributed by atoms with Gasteiger partial charge in [0, 0.05) is 13.1 Å². The van der Waals surface area contributed by atoms with E-state index in [0.29, 0.717) is 24.2 Å². The van der Waals surface area contributed by atoms with Gasteiger partial charge in [-0.25, -0.2) is 8.42 Å². The number of nitriles is 1. The molecule has 2 atom stereocenters. The predicted octanol–water partition coefficient (Wildman–Crippen LogP) is 1.66. The van der Waals surface area contributed by atoms with E-state index in [1.807, 2.05) is 19.9 Å². The summed E-state index contributed by atoms with van der Waals surface area (Å²) < 4.78 is 32.2. The van der Waals surface area contributed by atoms with Crippen molar-refractivity contribution in [1.82, 2.24) is 4.31 Å². The first-order valence-corrected chi connectivity index (χ1v) is 7.95. The van der Waals surface area contributed by atoms with E-state index in [4.69, 9.17) is 10.00 Å². The Hall–Kier alpha value is -1.42. The van der Waals surface area contributed by atoms with Crippen LogP contribution in [0.2, 0.25) is 0 Å². The molecule has 0 aromatic heterocycles. The van der Waals surface area contributed by atoms with E-state index in [0.717, 1.165) is 0 Å². The zero-order valence-electron chi connectivity index (χ0n) is 11.8. The van der Waals surface area contributed by atoms with Gasteiger partial charge in [0.2, 0.25) is 10.0 Å². The SMILES string of the molecule is Cc1cc(S(=O)(=O)N2CC(C)OC(C)C2)ccc1C#N. The molecule has 0 bridgehead atoms. The van der Waals surface area contributed by atoms with Crippen LogP contribution in [0.25, 0.3) is 0 Å². The van der Waals surface area contributed by atoms with Gasteiger partial charge in [-0.15, -0.1) is 0 Å². The lowest BCUT2D eigenvalue weighted by Gasteiger charge is -2.34. The maximum Gasteiger partial charge on any atom is 0.243 e. The van der Waals surface area contributed by atoms with Crippen LogP contribution in [0.5, 0.6) is 0 Å². The zero-order chi connectivity index (χ0) is 14.9. The van der Waals surface area contributed by atoms with Crippen molar-refractivity contribution in [3.8, 4) is 6.07 Å². The molecule has 5 nitrogen and oxygen atoms in total. The lowest BCUT2D eigenvalue weighted by Crippen LogP contribution is -2.48. The van der Waals surface area contributed by atoms with Crippen molar-refractivity contribution < 1.29 is 13.2 Å². The van der Waals surface area contributed by atoms with Crippen LogP contribution in [0.15, 0.2) is 23.1 Å². The number of ether oxygens (including phenoxy) is 1. The van der Waals surface area contributed by atoms with Gasteiger partial charge in [0.1, 0.15) is 0 Å². The molecule has 1 aliphatic heterocycles. The van der Waals surface area contributed by atoms with E-state index in [1.165, 1.54) is 10.4 Å². The fraction of sp³-hybridized carbons (Fsp3) is 0.500. The lowest BCUT2D eigenvalue weighted by molar-refractivity contribution is -0.0440. The Kier molecular flexibility index (Phi) is 4.14. The number of aryl methyl sites for hydroxylation is 1. The highest BCUT2D eigenvalue weighted by molar-refractivity contribution is 7.89. The van der Waals surface area contributed by atoms with Crippen molar-refractivity contribution in [3.05, 3.63) is 29.3 Å². The molecule has 108 valence electrons. The summed E-state index contributed by atoms with van der Waals surface area (Å²) in [7, 11) is -3.53. The molecule has 2 rings (SSSR count). The molecule has 1 saturated heterocycles. The summed E-state index contributed by atoms with van der Waals surface area (Å²) in [6, 6.07) is 6.64. The molecular formula is C14H18N2O3S. The van der Waals surface area contributed by atoms with E-state index in [9.17, 15) is 8.42 Å². The Labute approximate surface area is 119 Å². The van der Waals surface area contributed by atoms with Crippen molar-refractivity contribution in [2.45, 2.75) is 37.9 Å². The van der Waals surface area contributed by atoms with Crippen LogP contribution < -0.4 is 0 Å². The molecule has 20 heavy (non-hydrogen) atoms. The molecule has 0 aliphatic carbocycles. The van der Waals surface area contributed by atoms with Crippen LogP contribution >= 0.6 is 0 Å². The maximum absolute atomic E-state index is 12.6. The van der Waals surface area contributed by atoms with Crippen molar-refractivity contribution in [1.29, 1.82) is 5.26 Å². The number of hydrogen-bond donors (Lipinski definition) is 0. The number of benzene rings is 1. The molecule has 1 aromatic rings. The van der Waals surface area contributed by atoms with Gasteiger partial charge in [-0.1, -0.05) is 0 Å². The Balaban J connectivity index is 2.35. The van der Waals surface area contributed by atoms with Gasteiger partial charge in [0.05, 0.1) is 28.7 Å². The number of morpholine rings is 1. The Morgan fingerprint density at radius 3 is 2.40 bits per heavy atom. The first kappa shape index (κ1) is 15.0. The average molecular weight is 294 g/mol. The van der Waals surface area contributed by atoms with Crippen LogP contribution in [0.4, 0.5) is 0 Å². The molecule has 0 saturated carbocycles. The first-order chi connectivity index (χ1) is 9.34. The van der Waals surface area contributed by atoms with Crippen LogP contribution in [-0.2, 0) is 14.8 Å². The van der Waals surface area contributed by atoms with Gasteiger partial charge in [0.15, 0.2) is 0 Å². The standard InChI is InChI=1S/C14H18N2O3S/c1-10-6-14(5-4-13(10)7-15)20(17,18)16-8-11(2)19-12(3)9-16/h4-6,11-12H,8-9H2,1-3H3. The van der Waals surface area contributed by atoms with Crippen LogP contribution in [0.1, 0.15) is 25.0 Å². The summed E-state index contributed by atoms with van der Waals surface area (Å²) in [4.78, 5) is 0.232. The summed E-state index contributed by atoms with van der Waals surface area (Å²) in [5, 5.41) is 8.90. The van der Waals surface area contributed by atoms with Gasteiger partial charge >= 0.3 is 0 Å². The molecule has 2 unspecified atom stereocenters. The Morgan fingerprint density at radius 1 is 1.30 bits per heavy atom. The molecule has 0 radical (unpaired) electrons. The van der Waals surface area contributed by atoms with Crippen LogP contribution in [0, 0.1) is 18.3 Å². The summed E-state index contributed by atoms with van der Waals surface area (Å²) in [6.07, 6.45) is -0.235. The fourth-order valence-corrected chi connectivity index (χ4v) is 4.07. The van der Waals surface area contributed by atoms with Crippen molar-refractivity contribution in [3.63, 3.8) is 0 Å². The summed E-state index contributed by atoms with van der Waals surface area (Å²) in [6.45, 7) is 6.17. The molecule has 0 amide bonds. The minimum absolute atomic E-state index is 0.118. The molecule has 1 heterocycles. The maximum atomic E-state index is 12.6. The highest BCUT2D eigenvalue weighted by Gasteiger charge is 2.32. The second-order valence-corrected chi connectivity index (χ2v) is 7.11. The summed E-state index contributed by atoms with van der Waals surface area (Å²) in [5.74, 6) is 0. The quantitative estimate of drug-likeness (QED) is 0.832. The third kappa shape index (κ3) is 2.85. The Morgan fingerprint density at radius 2 is 1.90 bits per heavy atom. The van der Waals surface area contributed by atoms with Gasteiger partial charge in [-0.2, -0.15) is 9.57 Å². The van der Waals surface area contributed by atoms with Gasteiger partial charge in [0.25, 0.3) is 0 Å². The topological polar surface area (TPSA) is 70.4 Å². The van der Waals surface area contributed by atoms with E-state index in [2.05, 4.69) is 0 Å². The van der Waals surface area contributed by atoms with Crippen molar-refractivity contribution >= 4 is 10.0 Å². The molecular weight excluding hydrogens is 276 g/mol. The second kappa shape index (κ2) is 5.52. The van der Waals surface area contributed by atoms with Crippen molar-refractivity contribution in [2.75, 3.05) is 13.1 Å². The smallest absolute Gasteiger partial charge is 0.243 e. The second-order valence-electron chi connectivity index (χ2n) is 5.17. The largest absolute Gasteiger partial charge is 0.373 e. The number of sulfonamides is 1. The highest BCUT2D eigenvalue weighted by atomic mass is 32.2. The predicted molar refractivity (Wildman–Crippen MR) is 74.7 cm³/mol. The minimum Gasteiger partial charge on any atom is -0.373 e. The van der Waals surface area contributed by atoms with Gasteiger partial charge in [-0.05, 0) is 44.5 Å². The van der Waals surface area contributed by atoms with Crippen LogP contribution in [0.3, 0.4) is 0 Å². The van der Waals surface area contributed by atoms with E-state index >= 15 is 0 Å². The fourth-order valence-electron chi connectivity index (χ4n) is 2.40. The lowest BCUT2D eigenvalue weighted by atomic mass is 10.1. The highest BCUT2D eigenvalue weighted by Crippen LogP contribution is 2.22.